The average Bonchev–Trinajstić information content (AvgIpc) is 2.46. The Labute approximate surface area is 117 Å². The van der Waals surface area contributed by atoms with Crippen LogP contribution in [0.15, 0.2) is 53.2 Å². The fourth-order valence-corrected chi connectivity index (χ4v) is 2.38. The lowest BCUT2D eigenvalue weighted by Crippen LogP contribution is -2.27. The van der Waals surface area contributed by atoms with Crippen molar-refractivity contribution in [3.8, 4) is 12.1 Å². The molecule has 4 N–H and O–H groups in total. The summed E-state index contributed by atoms with van der Waals surface area (Å²) in [6.45, 7) is 1.93. The van der Waals surface area contributed by atoms with E-state index in [4.69, 9.17) is 16.2 Å². The Kier molecular flexibility index (Phi) is 3.63. The highest BCUT2D eigenvalue weighted by molar-refractivity contribution is 5.46. The summed E-state index contributed by atoms with van der Waals surface area (Å²) in [4.78, 5) is 0. The largest absolute Gasteiger partial charge is 0.424 e. The quantitative estimate of drug-likeness (QED) is 0.848. The van der Waals surface area contributed by atoms with E-state index in [1.54, 1.807) is 0 Å². The molecular formula is C15H14N4O. The van der Waals surface area contributed by atoms with Crippen molar-refractivity contribution in [2.75, 3.05) is 0 Å². The molecule has 5 nitrogen and oxygen atoms in total. The normalized spacial score (nSPS) is 17.1. The molecule has 5 heteroatoms. The zero-order valence-electron chi connectivity index (χ0n) is 11.0. The topological polar surface area (TPSA) is 109 Å². The van der Waals surface area contributed by atoms with Gasteiger partial charge in [-0.1, -0.05) is 37.3 Å². The van der Waals surface area contributed by atoms with Crippen LogP contribution in [0.3, 0.4) is 0 Å². The van der Waals surface area contributed by atoms with E-state index >= 15 is 0 Å². The Hall–Kier alpha value is -2.92. The summed E-state index contributed by atoms with van der Waals surface area (Å²) in [6, 6.07) is 13.7. The number of nitrogens with two attached hydrogens (primary N) is 2. The number of allylic oxidation sites excluding steroid dienone is 2. The number of nitriles is 2. The van der Waals surface area contributed by atoms with Crippen molar-refractivity contribution in [1.29, 1.82) is 10.5 Å². The zero-order chi connectivity index (χ0) is 14.7. The minimum atomic E-state index is -0.485. The van der Waals surface area contributed by atoms with Gasteiger partial charge in [0, 0.05) is 5.92 Å². The maximum absolute atomic E-state index is 9.29. The Morgan fingerprint density at radius 1 is 1.05 bits per heavy atom. The van der Waals surface area contributed by atoms with E-state index in [1.807, 2.05) is 49.4 Å². The highest BCUT2D eigenvalue weighted by Gasteiger charge is 2.35. The van der Waals surface area contributed by atoms with Crippen molar-refractivity contribution in [3.63, 3.8) is 0 Å². The van der Waals surface area contributed by atoms with E-state index in [0.717, 1.165) is 5.56 Å². The van der Waals surface area contributed by atoms with Crippen LogP contribution in [-0.2, 0) is 4.74 Å². The van der Waals surface area contributed by atoms with Gasteiger partial charge in [0.05, 0.1) is 11.1 Å². The van der Waals surface area contributed by atoms with Crippen LogP contribution < -0.4 is 11.5 Å². The molecule has 0 fully saturated rings. The lowest BCUT2D eigenvalue weighted by atomic mass is 9.77. The monoisotopic (exact) mass is 266 g/mol. The van der Waals surface area contributed by atoms with E-state index in [1.165, 1.54) is 0 Å². The molecule has 0 spiro atoms. The summed E-state index contributed by atoms with van der Waals surface area (Å²) in [5.74, 6) is -0.656. The molecule has 0 saturated heterocycles. The first kappa shape index (κ1) is 13.5. The van der Waals surface area contributed by atoms with Gasteiger partial charge in [-0.3, -0.25) is 0 Å². The van der Waals surface area contributed by atoms with Crippen molar-refractivity contribution >= 4 is 0 Å². The smallest absolute Gasteiger partial charge is 0.207 e. The molecule has 1 aliphatic heterocycles. The third-order valence-electron chi connectivity index (χ3n) is 3.44. The summed E-state index contributed by atoms with van der Waals surface area (Å²) in [5, 5.41) is 18.6. The van der Waals surface area contributed by atoms with Gasteiger partial charge < -0.3 is 16.2 Å². The van der Waals surface area contributed by atoms with Gasteiger partial charge in [0.1, 0.15) is 12.1 Å². The SMILES string of the molecule is C[C@H](c1ccccc1)C1C(C#N)=C(N)OC(N)=C1C#N. The first-order chi connectivity index (χ1) is 9.60. The van der Waals surface area contributed by atoms with E-state index < -0.39 is 5.92 Å². The summed E-state index contributed by atoms with van der Waals surface area (Å²) in [5.41, 5.74) is 12.9. The molecule has 0 saturated carbocycles. The zero-order valence-corrected chi connectivity index (χ0v) is 11.0. The summed E-state index contributed by atoms with van der Waals surface area (Å²) < 4.78 is 5.08. The van der Waals surface area contributed by atoms with Crippen LogP contribution in [0.25, 0.3) is 0 Å². The van der Waals surface area contributed by atoms with Crippen LogP contribution in [0.1, 0.15) is 18.4 Å². The van der Waals surface area contributed by atoms with E-state index in [0.29, 0.717) is 0 Å². The third-order valence-corrected chi connectivity index (χ3v) is 3.44. The Morgan fingerprint density at radius 3 is 2.00 bits per heavy atom. The molecule has 1 aromatic carbocycles. The van der Waals surface area contributed by atoms with Crippen LogP contribution in [0.2, 0.25) is 0 Å². The number of benzene rings is 1. The fourth-order valence-electron chi connectivity index (χ4n) is 2.38. The van der Waals surface area contributed by atoms with E-state index in [-0.39, 0.29) is 28.8 Å². The molecule has 1 heterocycles. The summed E-state index contributed by atoms with van der Waals surface area (Å²) in [6.07, 6.45) is 0. The highest BCUT2D eigenvalue weighted by atomic mass is 16.5. The molecule has 0 aliphatic carbocycles. The standard InChI is InChI=1S/C15H14N4O/c1-9(10-5-3-2-4-6-10)13-11(7-16)14(18)20-15(19)12(13)8-17/h2-6,9,13H,18-19H2,1H3/t9-/m1/s1. The fraction of sp³-hybridized carbons (Fsp3) is 0.200. The number of nitrogens with zero attached hydrogens (tertiary/aromatic N) is 2. The maximum Gasteiger partial charge on any atom is 0.207 e. The molecule has 1 aliphatic rings. The van der Waals surface area contributed by atoms with Crippen LogP contribution in [0, 0.1) is 28.6 Å². The van der Waals surface area contributed by atoms with Gasteiger partial charge in [0.15, 0.2) is 0 Å². The molecule has 1 atom stereocenters. The van der Waals surface area contributed by atoms with Crippen molar-refractivity contribution in [3.05, 3.63) is 58.8 Å². The Balaban J connectivity index is 2.53. The van der Waals surface area contributed by atoms with Gasteiger partial charge in [0.25, 0.3) is 0 Å². The third kappa shape index (κ3) is 2.17. The van der Waals surface area contributed by atoms with Crippen LogP contribution >= 0.6 is 0 Å². The van der Waals surface area contributed by atoms with E-state index in [2.05, 4.69) is 0 Å². The van der Waals surface area contributed by atoms with E-state index in [9.17, 15) is 10.5 Å². The van der Waals surface area contributed by atoms with Gasteiger partial charge in [-0.25, -0.2) is 0 Å². The molecule has 2 rings (SSSR count). The minimum absolute atomic E-state index is 0.0308. The Bertz CT molecular complexity index is 625. The molecular weight excluding hydrogens is 252 g/mol. The van der Waals surface area contributed by atoms with Gasteiger partial charge >= 0.3 is 0 Å². The van der Waals surface area contributed by atoms with Crippen molar-refractivity contribution < 1.29 is 4.74 Å². The van der Waals surface area contributed by atoms with Gasteiger partial charge in [0.2, 0.25) is 11.8 Å². The molecule has 100 valence electrons. The van der Waals surface area contributed by atoms with Gasteiger partial charge in [-0.2, -0.15) is 10.5 Å². The molecule has 0 aromatic heterocycles. The number of rotatable bonds is 2. The Morgan fingerprint density at radius 2 is 1.55 bits per heavy atom. The molecule has 0 amide bonds. The summed E-state index contributed by atoms with van der Waals surface area (Å²) in [7, 11) is 0. The first-order valence-electron chi connectivity index (χ1n) is 6.12. The molecule has 20 heavy (non-hydrogen) atoms. The average molecular weight is 266 g/mol. The van der Waals surface area contributed by atoms with Gasteiger partial charge in [-0.05, 0) is 11.5 Å². The molecule has 1 aromatic rings. The molecule has 0 bridgehead atoms. The maximum atomic E-state index is 9.29. The second-order valence-electron chi connectivity index (χ2n) is 4.56. The van der Waals surface area contributed by atoms with Crippen LogP contribution in [-0.4, -0.2) is 0 Å². The minimum Gasteiger partial charge on any atom is -0.424 e. The van der Waals surface area contributed by atoms with Crippen LogP contribution in [0.4, 0.5) is 0 Å². The van der Waals surface area contributed by atoms with Crippen molar-refractivity contribution in [2.45, 2.75) is 12.8 Å². The molecule has 0 radical (unpaired) electrons. The second-order valence-corrected chi connectivity index (χ2v) is 4.56. The predicted octanol–water partition coefficient (Wildman–Crippen LogP) is 1.82. The lowest BCUT2D eigenvalue weighted by molar-refractivity contribution is 0.266. The summed E-state index contributed by atoms with van der Waals surface area (Å²) >= 11 is 0. The highest BCUT2D eigenvalue weighted by Crippen LogP contribution is 2.39. The number of ether oxygens (including phenoxy) is 1. The second kappa shape index (κ2) is 5.38. The van der Waals surface area contributed by atoms with Crippen molar-refractivity contribution in [1.82, 2.24) is 0 Å². The lowest BCUT2D eigenvalue weighted by Gasteiger charge is -2.28. The molecule has 0 unspecified atom stereocenters. The van der Waals surface area contributed by atoms with Gasteiger partial charge in [-0.15, -0.1) is 0 Å². The number of hydrogen-bond donors (Lipinski definition) is 2. The predicted molar refractivity (Wildman–Crippen MR) is 73.1 cm³/mol. The number of hydrogen-bond acceptors (Lipinski definition) is 5. The van der Waals surface area contributed by atoms with Crippen molar-refractivity contribution in [2.24, 2.45) is 17.4 Å². The first-order valence-corrected chi connectivity index (χ1v) is 6.12. The van der Waals surface area contributed by atoms with Crippen LogP contribution in [0.5, 0.6) is 0 Å².